The highest BCUT2D eigenvalue weighted by molar-refractivity contribution is 7.85. The van der Waals surface area contributed by atoms with Crippen molar-refractivity contribution in [2.45, 2.75) is 170 Å². The molecule has 4 aliphatic heterocycles. The van der Waals surface area contributed by atoms with Crippen molar-refractivity contribution >= 4 is 27.4 Å². The van der Waals surface area contributed by atoms with E-state index in [1.807, 2.05) is 26.0 Å². The molecule has 0 radical (unpaired) electrons. The molecular formula is C54H80N3O16S+. The largest absolute Gasteiger partial charge is 0.394 e. The summed E-state index contributed by atoms with van der Waals surface area (Å²) in [6, 6.07) is 13.4. The van der Waals surface area contributed by atoms with Gasteiger partial charge in [-0.3, -0.25) is 9.35 Å². The summed E-state index contributed by atoms with van der Waals surface area (Å²) < 4.78 is 65.0. The van der Waals surface area contributed by atoms with Gasteiger partial charge < -0.3 is 69.6 Å². The van der Waals surface area contributed by atoms with Crippen LogP contribution in [0.1, 0.15) is 109 Å². The van der Waals surface area contributed by atoms with Crippen LogP contribution in [0.5, 0.6) is 0 Å². The topological polar surface area (TPSA) is 277 Å². The Kier molecular flexibility index (Phi) is 21.5. The van der Waals surface area contributed by atoms with E-state index in [1.165, 1.54) is 22.9 Å². The van der Waals surface area contributed by atoms with E-state index in [0.717, 1.165) is 68.4 Å². The van der Waals surface area contributed by atoms with E-state index < -0.39 is 90.2 Å². The smallest absolute Gasteiger partial charge is 0.294 e. The zero-order valence-corrected chi connectivity index (χ0v) is 44.2. The summed E-state index contributed by atoms with van der Waals surface area (Å²) in [5.41, 5.74) is 5.80. The Morgan fingerprint density at radius 2 is 1.50 bits per heavy atom. The fourth-order valence-electron chi connectivity index (χ4n) is 10.4. The predicted octanol–water partition coefficient (Wildman–Crippen LogP) is 3.08. The third-order valence-corrected chi connectivity index (χ3v) is 15.5. The number of hydrogen-bond donors (Lipinski definition) is 9. The molecule has 0 aliphatic carbocycles. The number of fused-ring (bicyclic) bond motifs is 2. The van der Waals surface area contributed by atoms with E-state index in [2.05, 4.69) is 78.1 Å². The molecule has 6 rings (SSSR count). The highest BCUT2D eigenvalue weighted by Crippen LogP contribution is 2.49. The fourth-order valence-corrected chi connectivity index (χ4v) is 10.9. The standard InChI is InChI=1S/C54H79N3O16S/c1-6-8-25-54(5)37-19-16-15-18-36(37)39(57(54)28-9-7-2)20-12-10-13-21-43-53(3,4)38-32-35(74(66,67)68)23-24-40(38)56(43)27-17-11-14-22-44(60)55-26-29-69-30-31-70-52-50(48(64)46(62)42(34-59)72-52)73-51-49(65)47(63)45(61)41(33-58)71-51/h10,12-13,15-16,18-21,23-24,32,41-42,45-52,58-59,61-65H,6-9,11,14,17,22,25-31,33-34H2,1-5H3,(H-,55,60,66,67,68)/p+1/t41-,42+,45-,46-,47+,48+,49+,50+,51-,52+,54?/m1/s1. The number of amides is 1. The zero-order valence-electron chi connectivity index (χ0n) is 43.4. The van der Waals surface area contributed by atoms with E-state index in [0.29, 0.717) is 13.0 Å². The molecule has 0 aromatic heterocycles. The SMILES string of the molecule is CCCC[N+]1=C(/C=C/C=C/C=C2\N(CCCCCC(=O)NCCOCCO[C@H]3O[C@@H](CO)[C@@H](O)[C@H](O)[C@@H]3O[C@H]3O[C@H](CO)[C@@H](O)[C@H](O)[C@@H]3O)c3ccc(S(=O)(=O)O)cc3C2(C)C)c2ccccc2C1(C)CCCC. The van der Waals surface area contributed by atoms with Gasteiger partial charge in [-0.05, 0) is 55.2 Å². The highest BCUT2D eigenvalue weighted by atomic mass is 32.2. The Balaban J connectivity index is 0.996. The van der Waals surface area contributed by atoms with Crippen molar-refractivity contribution in [3.63, 3.8) is 0 Å². The Morgan fingerprint density at radius 3 is 2.20 bits per heavy atom. The summed E-state index contributed by atoms with van der Waals surface area (Å²) in [5, 5.41) is 74.1. The fraction of sp³-hybridized carbons (Fsp3) is 0.630. The van der Waals surface area contributed by atoms with Gasteiger partial charge in [0.05, 0.1) is 43.5 Å². The van der Waals surface area contributed by atoms with Crippen molar-refractivity contribution in [1.82, 2.24) is 5.32 Å². The van der Waals surface area contributed by atoms with Crippen LogP contribution in [0.3, 0.4) is 0 Å². The summed E-state index contributed by atoms with van der Waals surface area (Å²) in [7, 11) is -4.43. The second-order valence-corrected chi connectivity index (χ2v) is 21.6. The lowest BCUT2D eigenvalue weighted by Gasteiger charge is -2.45. The maximum atomic E-state index is 12.8. The van der Waals surface area contributed by atoms with E-state index >= 15 is 0 Å². The molecule has 2 aromatic carbocycles. The molecule has 0 saturated carbocycles. The minimum absolute atomic E-state index is 0.00651. The number of nitrogens with one attached hydrogen (secondary N) is 1. The van der Waals surface area contributed by atoms with Gasteiger partial charge in [0.15, 0.2) is 18.1 Å². The van der Waals surface area contributed by atoms with E-state index in [1.54, 1.807) is 12.1 Å². The normalized spacial score (nSPS) is 29.5. The number of aliphatic hydroxyl groups is 7. The van der Waals surface area contributed by atoms with E-state index in [9.17, 15) is 53.5 Å². The first-order valence-electron chi connectivity index (χ1n) is 26.1. The van der Waals surface area contributed by atoms with Crippen LogP contribution in [0.2, 0.25) is 0 Å². The van der Waals surface area contributed by atoms with Crippen molar-refractivity contribution in [3.05, 3.63) is 95.2 Å². The quantitative estimate of drug-likeness (QED) is 0.0269. The first-order valence-corrected chi connectivity index (χ1v) is 27.5. The third-order valence-electron chi connectivity index (χ3n) is 14.6. The third kappa shape index (κ3) is 13.8. The number of anilines is 1. The van der Waals surface area contributed by atoms with Crippen LogP contribution < -0.4 is 10.2 Å². The minimum atomic E-state index is -4.43. The molecule has 9 N–H and O–H groups in total. The van der Waals surface area contributed by atoms with Crippen LogP contribution in [0.4, 0.5) is 5.69 Å². The molecule has 0 bridgehead atoms. The van der Waals surface area contributed by atoms with Crippen molar-refractivity contribution in [3.8, 4) is 0 Å². The summed E-state index contributed by atoms with van der Waals surface area (Å²) in [5.74, 6) is -0.154. The highest BCUT2D eigenvalue weighted by Gasteiger charge is 2.51. The number of hydrogen-bond acceptors (Lipinski definition) is 16. The number of carbonyl (C=O) groups is 1. The van der Waals surface area contributed by atoms with Gasteiger partial charge in [0.1, 0.15) is 55.4 Å². The maximum absolute atomic E-state index is 12.8. The molecule has 1 amide bonds. The molecule has 4 aliphatic rings. The zero-order chi connectivity index (χ0) is 53.8. The lowest BCUT2D eigenvalue weighted by molar-refractivity contribution is -0.610. The first-order chi connectivity index (χ1) is 35.3. The Morgan fingerprint density at radius 1 is 0.797 bits per heavy atom. The Labute approximate surface area is 435 Å². The van der Waals surface area contributed by atoms with Gasteiger partial charge >= 0.3 is 0 Å². The molecule has 2 aromatic rings. The second kappa shape index (κ2) is 26.9. The van der Waals surface area contributed by atoms with Crippen molar-refractivity contribution in [2.24, 2.45) is 0 Å². The molecule has 11 atom stereocenters. The number of unbranched alkanes of at least 4 members (excludes halogenated alkanes) is 4. The molecule has 19 nitrogen and oxygen atoms in total. The van der Waals surface area contributed by atoms with E-state index in [4.69, 9.17) is 23.7 Å². The van der Waals surface area contributed by atoms with Gasteiger partial charge in [0, 0.05) is 67.7 Å². The van der Waals surface area contributed by atoms with Gasteiger partial charge in [-0.1, -0.05) is 83.4 Å². The lowest BCUT2D eigenvalue weighted by atomic mass is 9.83. The molecule has 2 saturated heterocycles. The number of rotatable bonds is 27. The number of nitrogens with zero attached hydrogens (tertiary/aromatic N) is 2. The Hall–Kier alpha value is -3.97. The van der Waals surface area contributed by atoms with Crippen molar-refractivity contribution in [1.29, 1.82) is 0 Å². The molecule has 1 unspecified atom stereocenters. The first kappa shape index (κ1) is 59.3. The molecule has 0 spiro atoms. The maximum Gasteiger partial charge on any atom is 0.294 e. The molecule has 412 valence electrons. The van der Waals surface area contributed by atoms with Crippen LogP contribution in [0.25, 0.3) is 0 Å². The number of allylic oxidation sites excluding steroid dienone is 6. The number of ether oxygens (including phenoxy) is 5. The van der Waals surface area contributed by atoms with Crippen LogP contribution >= 0.6 is 0 Å². The summed E-state index contributed by atoms with van der Waals surface area (Å²) in [6.45, 7) is 11.4. The Bertz CT molecular complexity index is 2410. The van der Waals surface area contributed by atoms with Gasteiger partial charge in [0.25, 0.3) is 10.1 Å². The molecule has 4 heterocycles. The molecular weight excluding hydrogens is 979 g/mol. The van der Waals surface area contributed by atoms with E-state index in [-0.39, 0.29) is 49.1 Å². The van der Waals surface area contributed by atoms with Gasteiger partial charge in [-0.2, -0.15) is 8.42 Å². The van der Waals surface area contributed by atoms with Crippen LogP contribution in [0, 0.1) is 0 Å². The number of benzene rings is 2. The monoisotopic (exact) mass is 1060 g/mol. The summed E-state index contributed by atoms with van der Waals surface area (Å²) in [6.07, 6.45) is 2.70. The summed E-state index contributed by atoms with van der Waals surface area (Å²) in [4.78, 5) is 14.8. The van der Waals surface area contributed by atoms with Crippen LogP contribution in [0.15, 0.2) is 83.4 Å². The second-order valence-electron chi connectivity index (χ2n) is 20.2. The number of aliphatic hydroxyl groups excluding tert-OH is 7. The average Bonchev–Trinajstić information content (AvgIpc) is 3.74. The van der Waals surface area contributed by atoms with Gasteiger partial charge in [-0.15, -0.1) is 0 Å². The average molecular weight is 1060 g/mol. The van der Waals surface area contributed by atoms with Crippen LogP contribution in [-0.2, 0) is 49.6 Å². The molecule has 20 heteroatoms. The molecule has 2 fully saturated rings. The van der Waals surface area contributed by atoms with Crippen molar-refractivity contribution < 1.29 is 81.8 Å². The lowest BCUT2D eigenvalue weighted by Crippen LogP contribution is -2.64. The summed E-state index contributed by atoms with van der Waals surface area (Å²) >= 11 is 0. The van der Waals surface area contributed by atoms with Gasteiger partial charge in [0.2, 0.25) is 11.6 Å². The predicted molar refractivity (Wildman–Crippen MR) is 275 cm³/mol. The minimum Gasteiger partial charge on any atom is -0.394 e. The van der Waals surface area contributed by atoms with Gasteiger partial charge in [-0.25, -0.2) is 4.58 Å². The number of carbonyl (C=O) groups excluding carboxylic acids is 1. The van der Waals surface area contributed by atoms with Crippen LogP contribution in [-0.4, -0.2) is 179 Å². The van der Waals surface area contributed by atoms with Crippen molar-refractivity contribution in [2.75, 3.05) is 57.6 Å². The molecule has 74 heavy (non-hydrogen) atoms.